The van der Waals surface area contributed by atoms with E-state index in [2.05, 4.69) is 11.9 Å². The largest absolute Gasteiger partial charge is 0.369 e. The number of nitrogens with two attached hydrogens (primary N) is 1. The predicted octanol–water partition coefficient (Wildman–Crippen LogP) is 3.70. The number of nitrogen functional groups attached to an aromatic ring is 1. The molecule has 1 aromatic heterocycles. The molecule has 0 saturated carbocycles. The lowest BCUT2D eigenvalue weighted by molar-refractivity contribution is 0.522. The first-order chi connectivity index (χ1) is 8.98. The molecule has 1 atom stereocenters. The molecule has 3 nitrogen and oxygen atoms in total. The average Bonchev–Trinajstić information content (AvgIpc) is 2.88. The summed E-state index contributed by atoms with van der Waals surface area (Å²) in [5, 5.41) is 0.0820. The number of hydrogen-bond donors (Lipinski definition) is 1. The minimum absolute atomic E-state index is 0.0820. The van der Waals surface area contributed by atoms with Crippen LogP contribution in [0.4, 0.5) is 10.3 Å². The lowest BCUT2D eigenvalue weighted by atomic mass is 10.1. The molecule has 2 heterocycles. The Morgan fingerprint density at radius 1 is 1.58 bits per heavy atom. The van der Waals surface area contributed by atoms with Gasteiger partial charge in [-0.15, -0.1) is 0 Å². The standard InChI is InChI=1S/C13H15ClFN3S/c1-13(3-2-4-19-13)7-18-11-6-9(15)8(14)5-10(11)17-12(18)16/h5-6H,2-4,7H2,1H3,(H2,16,17). The summed E-state index contributed by atoms with van der Waals surface area (Å²) in [6, 6.07) is 2.95. The predicted molar refractivity (Wildman–Crippen MR) is 79.2 cm³/mol. The van der Waals surface area contributed by atoms with Crippen LogP contribution in [-0.2, 0) is 6.54 Å². The molecule has 0 spiro atoms. The molecule has 6 heteroatoms. The van der Waals surface area contributed by atoms with E-state index in [4.69, 9.17) is 17.3 Å². The second kappa shape index (κ2) is 4.56. The maximum Gasteiger partial charge on any atom is 0.201 e. The highest BCUT2D eigenvalue weighted by atomic mass is 35.5. The topological polar surface area (TPSA) is 43.8 Å². The summed E-state index contributed by atoms with van der Waals surface area (Å²) in [5.74, 6) is 1.16. The number of benzene rings is 1. The minimum atomic E-state index is -0.431. The molecule has 2 aromatic rings. The molecule has 1 fully saturated rings. The van der Waals surface area contributed by atoms with E-state index in [-0.39, 0.29) is 9.77 Å². The quantitative estimate of drug-likeness (QED) is 0.919. The number of nitrogens with zero attached hydrogens (tertiary/aromatic N) is 2. The maximum absolute atomic E-state index is 13.6. The van der Waals surface area contributed by atoms with Gasteiger partial charge in [0.15, 0.2) is 0 Å². The second-order valence-corrected chi connectivity index (χ2v) is 7.30. The van der Waals surface area contributed by atoms with Crippen molar-refractivity contribution in [3.05, 3.63) is 23.0 Å². The molecular weight excluding hydrogens is 285 g/mol. The van der Waals surface area contributed by atoms with Crippen molar-refractivity contribution in [1.82, 2.24) is 9.55 Å². The Kier molecular flexibility index (Phi) is 3.14. The van der Waals surface area contributed by atoms with Crippen LogP contribution >= 0.6 is 23.4 Å². The number of rotatable bonds is 2. The zero-order valence-corrected chi connectivity index (χ0v) is 12.2. The molecule has 0 radical (unpaired) electrons. The van der Waals surface area contributed by atoms with Crippen LogP contribution in [0.5, 0.6) is 0 Å². The molecular formula is C13H15ClFN3S. The van der Waals surface area contributed by atoms with Crippen molar-refractivity contribution in [3.63, 3.8) is 0 Å². The number of aromatic nitrogens is 2. The van der Waals surface area contributed by atoms with Crippen molar-refractivity contribution >= 4 is 40.3 Å². The number of imidazole rings is 1. The molecule has 1 aromatic carbocycles. The van der Waals surface area contributed by atoms with Gasteiger partial charge in [0.2, 0.25) is 5.95 Å². The third-order valence-corrected chi connectivity index (χ3v) is 5.43. The van der Waals surface area contributed by atoms with Crippen LogP contribution < -0.4 is 5.73 Å². The average molecular weight is 300 g/mol. The van der Waals surface area contributed by atoms with Crippen molar-refractivity contribution in [2.24, 2.45) is 0 Å². The van der Waals surface area contributed by atoms with Gasteiger partial charge in [-0.1, -0.05) is 11.6 Å². The molecule has 2 N–H and O–H groups in total. The monoisotopic (exact) mass is 299 g/mol. The van der Waals surface area contributed by atoms with E-state index in [0.717, 1.165) is 13.0 Å². The molecule has 0 bridgehead atoms. The highest BCUT2D eigenvalue weighted by Crippen LogP contribution is 2.40. The number of halogens is 2. The van der Waals surface area contributed by atoms with Crippen LogP contribution in [0.25, 0.3) is 11.0 Å². The molecule has 1 aliphatic rings. The van der Waals surface area contributed by atoms with Crippen LogP contribution in [0, 0.1) is 5.82 Å². The third kappa shape index (κ3) is 2.30. The fourth-order valence-electron chi connectivity index (χ4n) is 2.60. The van der Waals surface area contributed by atoms with Crippen LogP contribution in [0.2, 0.25) is 5.02 Å². The first-order valence-corrected chi connectivity index (χ1v) is 7.60. The van der Waals surface area contributed by atoms with Gasteiger partial charge in [0.05, 0.1) is 16.1 Å². The fourth-order valence-corrected chi connectivity index (χ4v) is 4.05. The van der Waals surface area contributed by atoms with Gasteiger partial charge in [0.25, 0.3) is 0 Å². The van der Waals surface area contributed by atoms with Gasteiger partial charge >= 0.3 is 0 Å². The van der Waals surface area contributed by atoms with Crippen LogP contribution in [0.15, 0.2) is 12.1 Å². The Morgan fingerprint density at radius 3 is 3.05 bits per heavy atom. The minimum Gasteiger partial charge on any atom is -0.369 e. The number of hydrogen-bond acceptors (Lipinski definition) is 3. The van der Waals surface area contributed by atoms with E-state index in [0.29, 0.717) is 17.0 Å². The zero-order valence-electron chi connectivity index (χ0n) is 10.6. The first kappa shape index (κ1) is 13.1. The van der Waals surface area contributed by atoms with E-state index in [1.165, 1.54) is 24.3 Å². The van der Waals surface area contributed by atoms with E-state index in [9.17, 15) is 4.39 Å². The van der Waals surface area contributed by atoms with Gasteiger partial charge in [-0.25, -0.2) is 9.37 Å². The van der Waals surface area contributed by atoms with Crippen LogP contribution in [0.3, 0.4) is 0 Å². The molecule has 1 aliphatic heterocycles. The smallest absolute Gasteiger partial charge is 0.201 e. The van der Waals surface area contributed by atoms with E-state index in [1.807, 2.05) is 16.3 Å². The van der Waals surface area contributed by atoms with Crippen molar-refractivity contribution in [2.75, 3.05) is 11.5 Å². The van der Waals surface area contributed by atoms with Crippen LogP contribution in [0.1, 0.15) is 19.8 Å². The normalized spacial score (nSPS) is 23.3. The third-order valence-electron chi connectivity index (χ3n) is 3.61. The molecule has 0 amide bonds. The lowest BCUT2D eigenvalue weighted by Crippen LogP contribution is -2.24. The first-order valence-electron chi connectivity index (χ1n) is 6.23. The molecule has 19 heavy (non-hydrogen) atoms. The fraction of sp³-hybridized carbons (Fsp3) is 0.462. The Balaban J connectivity index is 2.07. The van der Waals surface area contributed by atoms with Gasteiger partial charge in [-0.2, -0.15) is 11.8 Å². The summed E-state index contributed by atoms with van der Waals surface area (Å²) in [6.07, 6.45) is 2.36. The highest BCUT2D eigenvalue weighted by Gasteiger charge is 2.31. The van der Waals surface area contributed by atoms with Crippen molar-refractivity contribution in [2.45, 2.75) is 31.1 Å². The summed E-state index contributed by atoms with van der Waals surface area (Å²) < 4.78 is 15.7. The van der Waals surface area contributed by atoms with Crippen molar-refractivity contribution in [1.29, 1.82) is 0 Å². The van der Waals surface area contributed by atoms with Crippen molar-refractivity contribution in [3.8, 4) is 0 Å². The van der Waals surface area contributed by atoms with Gasteiger partial charge in [-0.05, 0) is 31.6 Å². The van der Waals surface area contributed by atoms with Crippen LogP contribution in [-0.4, -0.2) is 20.1 Å². The van der Waals surface area contributed by atoms with E-state index in [1.54, 1.807) is 0 Å². The Bertz CT molecular complexity index is 634. The maximum atomic E-state index is 13.6. The Labute approximate surface area is 120 Å². The van der Waals surface area contributed by atoms with Gasteiger partial charge in [0, 0.05) is 17.4 Å². The summed E-state index contributed by atoms with van der Waals surface area (Å²) in [6.45, 7) is 2.98. The van der Waals surface area contributed by atoms with Crippen molar-refractivity contribution < 1.29 is 4.39 Å². The Morgan fingerprint density at radius 2 is 2.37 bits per heavy atom. The summed E-state index contributed by atoms with van der Waals surface area (Å²) >= 11 is 7.72. The summed E-state index contributed by atoms with van der Waals surface area (Å²) in [5.41, 5.74) is 7.33. The molecule has 0 aliphatic carbocycles. The van der Waals surface area contributed by atoms with E-state index >= 15 is 0 Å². The molecule has 102 valence electrons. The summed E-state index contributed by atoms with van der Waals surface area (Å²) in [7, 11) is 0. The van der Waals surface area contributed by atoms with E-state index < -0.39 is 5.82 Å². The lowest BCUT2D eigenvalue weighted by Gasteiger charge is -2.24. The molecule has 1 saturated heterocycles. The van der Waals surface area contributed by atoms with Gasteiger partial charge < -0.3 is 10.3 Å². The SMILES string of the molecule is CC1(Cn2c(N)nc3cc(Cl)c(F)cc32)CCCS1. The molecule has 1 unspecified atom stereocenters. The highest BCUT2D eigenvalue weighted by molar-refractivity contribution is 8.00. The Hall–Kier alpha value is -0.940. The number of thioether (sulfide) groups is 1. The van der Waals surface area contributed by atoms with Gasteiger partial charge in [-0.3, -0.25) is 0 Å². The van der Waals surface area contributed by atoms with Gasteiger partial charge in [0.1, 0.15) is 5.82 Å². The zero-order chi connectivity index (χ0) is 13.6. The second-order valence-electron chi connectivity index (χ2n) is 5.21. The number of anilines is 1. The molecule has 3 rings (SSSR count). The number of fused-ring (bicyclic) bond motifs is 1. The summed E-state index contributed by atoms with van der Waals surface area (Å²) in [4.78, 5) is 4.27.